The molecule has 4 rings (SSSR count). The highest BCUT2D eigenvalue weighted by Gasteiger charge is 2.24. The van der Waals surface area contributed by atoms with E-state index in [2.05, 4.69) is 10.3 Å². The molecule has 0 bridgehead atoms. The van der Waals surface area contributed by atoms with Gasteiger partial charge in [-0.3, -0.25) is 4.79 Å². The Morgan fingerprint density at radius 2 is 1.90 bits per heavy atom. The average molecular weight is 436 g/mol. The van der Waals surface area contributed by atoms with E-state index >= 15 is 0 Å². The number of amides is 1. The number of carbonyl (C=O) groups is 1. The van der Waals surface area contributed by atoms with Crippen LogP contribution in [0.25, 0.3) is 11.8 Å². The van der Waals surface area contributed by atoms with E-state index in [1.807, 2.05) is 61.7 Å². The Bertz CT molecular complexity index is 1200. The second-order valence-electron chi connectivity index (χ2n) is 7.02. The first-order valence-electron chi connectivity index (χ1n) is 9.92. The third kappa shape index (κ3) is 4.41. The Labute approximate surface area is 184 Å². The predicted octanol–water partition coefficient (Wildman–Crippen LogP) is 5.52. The van der Waals surface area contributed by atoms with Crippen LogP contribution >= 0.6 is 11.8 Å². The van der Waals surface area contributed by atoms with Gasteiger partial charge in [0, 0.05) is 11.4 Å². The molecule has 1 saturated heterocycles. The lowest BCUT2D eigenvalue weighted by Crippen LogP contribution is -2.19. The molecule has 0 spiro atoms. The van der Waals surface area contributed by atoms with E-state index in [1.54, 1.807) is 18.2 Å². The first-order chi connectivity index (χ1) is 15.0. The lowest BCUT2D eigenvalue weighted by atomic mass is 10.2. The number of rotatable bonds is 5. The summed E-state index contributed by atoms with van der Waals surface area (Å²) in [5.41, 5.74) is 3.83. The van der Waals surface area contributed by atoms with Gasteiger partial charge >= 0.3 is 0 Å². The minimum atomic E-state index is -0.290. The Morgan fingerprint density at radius 3 is 2.61 bits per heavy atom. The monoisotopic (exact) mass is 435 g/mol. The molecular formula is C24H22FN3O2S. The predicted molar refractivity (Wildman–Crippen MR) is 124 cm³/mol. The molecule has 1 aliphatic heterocycles. The number of aromatic nitrogens is 1. The quantitative estimate of drug-likeness (QED) is 0.537. The van der Waals surface area contributed by atoms with Gasteiger partial charge in [-0.15, -0.1) is 0 Å². The summed E-state index contributed by atoms with van der Waals surface area (Å²) in [4.78, 5) is 17.5. The smallest absolute Gasteiger partial charge is 0.264 e. The van der Waals surface area contributed by atoms with Gasteiger partial charge in [0.25, 0.3) is 5.91 Å². The summed E-state index contributed by atoms with van der Waals surface area (Å²) in [5.74, 6) is 0.284. The Kier molecular flexibility index (Phi) is 5.95. The van der Waals surface area contributed by atoms with Gasteiger partial charge in [0.2, 0.25) is 0 Å². The lowest BCUT2D eigenvalue weighted by Gasteiger charge is -2.10. The molecule has 0 atom stereocenters. The van der Waals surface area contributed by atoms with E-state index in [0.29, 0.717) is 22.4 Å². The van der Waals surface area contributed by atoms with Crippen LogP contribution in [0.1, 0.15) is 23.9 Å². The van der Waals surface area contributed by atoms with Gasteiger partial charge in [0.15, 0.2) is 5.17 Å². The van der Waals surface area contributed by atoms with Crippen molar-refractivity contribution in [3.8, 4) is 11.4 Å². The molecule has 1 N–H and O–H groups in total. The van der Waals surface area contributed by atoms with Crippen LogP contribution in [0.5, 0.6) is 5.75 Å². The normalized spacial score (nSPS) is 16.2. The fraction of sp³-hybridized carbons (Fsp3) is 0.167. The van der Waals surface area contributed by atoms with Crippen molar-refractivity contribution in [2.24, 2.45) is 4.99 Å². The molecule has 0 saturated carbocycles. The van der Waals surface area contributed by atoms with Crippen LogP contribution in [0.15, 0.2) is 64.5 Å². The first kappa shape index (κ1) is 20.9. The third-order valence-corrected chi connectivity index (χ3v) is 5.79. The first-order valence-corrected chi connectivity index (χ1v) is 10.7. The topological polar surface area (TPSA) is 55.6 Å². The fourth-order valence-corrected chi connectivity index (χ4v) is 4.29. The zero-order valence-electron chi connectivity index (χ0n) is 17.5. The van der Waals surface area contributed by atoms with E-state index in [-0.39, 0.29) is 11.7 Å². The van der Waals surface area contributed by atoms with Gasteiger partial charge < -0.3 is 14.6 Å². The zero-order valence-corrected chi connectivity index (χ0v) is 18.3. The number of nitrogens with one attached hydrogen (secondary N) is 1. The molecule has 0 radical (unpaired) electrons. The number of carbonyl (C=O) groups excluding carboxylic acids is 1. The van der Waals surface area contributed by atoms with E-state index < -0.39 is 0 Å². The Balaban J connectivity index is 1.59. The molecule has 31 heavy (non-hydrogen) atoms. The summed E-state index contributed by atoms with van der Waals surface area (Å²) in [5, 5.41) is 3.32. The number of amidine groups is 1. The number of benzene rings is 2. The summed E-state index contributed by atoms with van der Waals surface area (Å²) >= 11 is 1.28. The van der Waals surface area contributed by atoms with Gasteiger partial charge in [0.1, 0.15) is 11.6 Å². The van der Waals surface area contributed by atoms with Crippen molar-refractivity contribution in [3.63, 3.8) is 0 Å². The number of hydrogen-bond acceptors (Lipinski definition) is 4. The highest BCUT2D eigenvalue weighted by atomic mass is 32.2. The third-order valence-electron chi connectivity index (χ3n) is 4.88. The van der Waals surface area contributed by atoms with Crippen molar-refractivity contribution in [3.05, 3.63) is 82.3 Å². The van der Waals surface area contributed by atoms with Crippen LogP contribution in [-0.2, 0) is 4.79 Å². The molecule has 2 aromatic carbocycles. The van der Waals surface area contributed by atoms with Crippen LogP contribution in [0.3, 0.4) is 0 Å². The second-order valence-corrected chi connectivity index (χ2v) is 8.05. The van der Waals surface area contributed by atoms with E-state index in [4.69, 9.17) is 4.74 Å². The molecular weight excluding hydrogens is 413 g/mol. The molecule has 1 amide bonds. The van der Waals surface area contributed by atoms with Gasteiger partial charge in [-0.2, -0.15) is 0 Å². The number of nitrogens with zero attached hydrogens (tertiary/aromatic N) is 2. The van der Waals surface area contributed by atoms with Crippen LogP contribution in [0.2, 0.25) is 0 Å². The van der Waals surface area contributed by atoms with Gasteiger partial charge in [0.05, 0.1) is 22.9 Å². The molecule has 2 heterocycles. The van der Waals surface area contributed by atoms with Crippen LogP contribution in [-0.4, -0.2) is 22.2 Å². The van der Waals surface area contributed by atoms with Crippen molar-refractivity contribution < 1.29 is 13.9 Å². The fourth-order valence-electron chi connectivity index (χ4n) is 3.46. The summed E-state index contributed by atoms with van der Waals surface area (Å²) < 4.78 is 21.6. The number of hydrogen-bond donors (Lipinski definition) is 1. The number of thioether (sulfide) groups is 1. The molecule has 5 nitrogen and oxygen atoms in total. The summed E-state index contributed by atoms with van der Waals surface area (Å²) in [6.45, 7) is 6.37. The highest BCUT2D eigenvalue weighted by molar-refractivity contribution is 8.18. The Hall–Kier alpha value is -3.32. The van der Waals surface area contributed by atoms with Crippen LogP contribution < -0.4 is 10.1 Å². The molecule has 1 aliphatic rings. The van der Waals surface area contributed by atoms with Gasteiger partial charge in [-0.1, -0.05) is 12.1 Å². The molecule has 3 aromatic rings. The van der Waals surface area contributed by atoms with E-state index in [9.17, 15) is 9.18 Å². The summed E-state index contributed by atoms with van der Waals surface area (Å²) in [6.07, 6.45) is 1.82. The van der Waals surface area contributed by atoms with E-state index in [0.717, 1.165) is 28.4 Å². The molecule has 158 valence electrons. The van der Waals surface area contributed by atoms with Crippen molar-refractivity contribution in [2.45, 2.75) is 20.8 Å². The molecule has 7 heteroatoms. The van der Waals surface area contributed by atoms with Crippen LogP contribution in [0, 0.1) is 19.7 Å². The van der Waals surface area contributed by atoms with E-state index in [1.165, 1.54) is 17.8 Å². The zero-order chi connectivity index (χ0) is 22.0. The minimum absolute atomic E-state index is 0.203. The minimum Gasteiger partial charge on any atom is -0.494 e. The summed E-state index contributed by atoms with van der Waals surface area (Å²) in [6, 6.07) is 16.0. The van der Waals surface area contributed by atoms with Crippen molar-refractivity contribution in [1.29, 1.82) is 0 Å². The highest BCUT2D eigenvalue weighted by Crippen LogP contribution is 2.31. The Morgan fingerprint density at radius 1 is 1.16 bits per heavy atom. The molecule has 1 aromatic heterocycles. The van der Waals surface area contributed by atoms with Gasteiger partial charge in [-0.05, 0) is 86.6 Å². The van der Waals surface area contributed by atoms with Crippen molar-refractivity contribution in [1.82, 2.24) is 9.88 Å². The molecule has 0 aliphatic carbocycles. The van der Waals surface area contributed by atoms with Crippen molar-refractivity contribution >= 4 is 34.6 Å². The molecule has 0 unspecified atom stereocenters. The second kappa shape index (κ2) is 8.81. The van der Waals surface area contributed by atoms with Crippen LogP contribution in [0.4, 0.5) is 10.1 Å². The maximum Gasteiger partial charge on any atom is 0.264 e. The van der Waals surface area contributed by atoms with Crippen molar-refractivity contribution in [2.75, 3.05) is 6.61 Å². The lowest BCUT2D eigenvalue weighted by molar-refractivity contribution is -0.115. The number of para-hydroxylation sites is 1. The SMILES string of the molecule is CCOc1ccc(N=C2NC(=O)/C(=C\c3cc(C)n(-c4ccccc4F)c3C)S2)cc1. The molecule has 1 fully saturated rings. The maximum absolute atomic E-state index is 14.3. The maximum atomic E-state index is 14.3. The summed E-state index contributed by atoms with van der Waals surface area (Å²) in [7, 11) is 0. The number of ether oxygens (including phenoxy) is 1. The number of halogens is 1. The largest absolute Gasteiger partial charge is 0.494 e. The standard InChI is InChI=1S/C24H22FN3O2S/c1-4-30-19-11-9-18(10-12-19)26-24-27-23(29)22(31-24)14-17-13-15(2)28(16(17)3)21-8-6-5-7-20(21)25/h5-14H,4H2,1-3H3,(H,26,27,29)/b22-14+. The average Bonchev–Trinajstić information content (AvgIpc) is 3.22. The number of aryl methyl sites for hydroxylation is 1. The van der Waals surface area contributed by atoms with Gasteiger partial charge in [-0.25, -0.2) is 9.38 Å². The number of aliphatic imine (C=N–C) groups is 1.